The molecule has 2 heterocycles. The molecule has 4 heteroatoms. The van der Waals surface area contributed by atoms with Gasteiger partial charge in [0.2, 0.25) is 0 Å². The molecule has 104 valence electrons. The molecule has 1 N–H and O–H groups in total. The van der Waals surface area contributed by atoms with E-state index in [0.29, 0.717) is 17.7 Å². The highest BCUT2D eigenvalue weighted by atomic mass is 19.1. The molecule has 3 rings (SSSR count). The Kier molecular flexibility index (Phi) is 3.23. The minimum atomic E-state index is -1.04. The number of benzene rings is 1. The number of nitrogens with zero attached hydrogens (tertiary/aromatic N) is 1. The van der Waals surface area contributed by atoms with E-state index in [1.807, 2.05) is 0 Å². The highest BCUT2D eigenvalue weighted by molar-refractivity contribution is 5.34. The standard InChI is InChI=1S/C15H20FNO2/c1-19-11-5-6-12(13(16)10-11)15(18)7-9-17-8-3-2-4-14(15)17/h5-6,10,14,18H,2-4,7-9H2,1H3. The van der Waals surface area contributed by atoms with E-state index < -0.39 is 5.60 Å². The van der Waals surface area contributed by atoms with Gasteiger partial charge in [0.05, 0.1) is 7.11 Å². The van der Waals surface area contributed by atoms with Gasteiger partial charge in [0.25, 0.3) is 0 Å². The van der Waals surface area contributed by atoms with Gasteiger partial charge in [-0.05, 0) is 37.9 Å². The molecule has 0 amide bonds. The van der Waals surface area contributed by atoms with E-state index in [1.165, 1.54) is 19.6 Å². The monoisotopic (exact) mass is 265 g/mol. The van der Waals surface area contributed by atoms with Crippen LogP contribution in [0.1, 0.15) is 31.2 Å². The van der Waals surface area contributed by atoms with E-state index in [0.717, 1.165) is 25.9 Å². The lowest BCUT2D eigenvalue weighted by atomic mass is 9.82. The van der Waals surface area contributed by atoms with Gasteiger partial charge >= 0.3 is 0 Å². The third-order valence-corrected chi connectivity index (χ3v) is 4.59. The molecule has 0 bridgehead atoms. The second kappa shape index (κ2) is 4.76. The van der Waals surface area contributed by atoms with Crippen molar-refractivity contribution >= 4 is 0 Å². The minimum Gasteiger partial charge on any atom is -0.497 e. The fourth-order valence-corrected chi connectivity index (χ4v) is 3.57. The van der Waals surface area contributed by atoms with E-state index in [-0.39, 0.29) is 11.9 Å². The number of hydrogen-bond acceptors (Lipinski definition) is 3. The fourth-order valence-electron chi connectivity index (χ4n) is 3.57. The second-order valence-electron chi connectivity index (χ2n) is 5.57. The zero-order valence-electron chi connectivity index (χ0n) is 11.2. The van der Waals surface area contributed by atoms with Crippen molar-refractivity contribution in [2.75, 3.05) is 20.2 Å². The Labute approximate surface area is 113 Å². The first-order valence-corrected chi connectivity index (χ1v) is 6.95. The van der Waals surface area contributed by atoms with Crippen molar-refractivity contribution in [3.63, 3.8) is 0 Å². The van der Waals surface area contributed by atoms with Crippen LogP contribution < -0.4 is 4.74 Å². The van der Waals surface area contributed by atoms with Crippen LogP contribution in [0.25, 0.3) is 0 Å². The van der Waals surface area contributed by atoms with Crippen molar-refractivity contribution in [3.8, 4) is 5.75 Å². The van der Waals surface area contributed by atoms with E-state index in [1.54, 1.807) is 12.1 Å². The molecule has 0 saturated carbocycles. The number of hydrogen-bond donors (Lipinski definition) is 1. The molecule has 1 aromatic carbocycles. The lowest BCUT2D eigenvalue weighted by Gasteiger charge is -2.37. The van der Waals surface area contributed by atoms with Crippen LogP contribution in [0.3, 0.4) is 0 Å². The Balaban J connectivity index is 1.96. The number of piperidine rings is 1. The molecule has 2 unspecified atom stereocenters. The number of fused-ring (bicyclic) bond motifs is 1. The summed E-state index contributed by atoms with van der Waals surface area (Å²) in [6, 6.07) is 4.82. The molecule has 3 nitrogen and oxygen atoms in total. The van der Waals surface area contributed by atoms with Gasteiger partial charge in [-0.1, -0.05) is 6.42 Å². The molecule has 0 aliphatic carbocycles. The van der Waals surface area contributed by atoms with Crippen LogP contribution in [-0.4, -0.2) is 36.2 Å². The van der Waals surface area contributed by atoms with Crippen LogP contribution in [0.15, 0.2) is 18.2 Å². The van der Waals surface area contributed by atoms with Gasteiger partial charge in [-0.25, -0.2) is 4.39 Å². The van der Waals surface area contributed by atoms with E-state index in [9.17, 15) is 9.50 Å². The summed E-state index contributed by atoms with van der Waals surface area (Å²) in [5.41, 5.74) is -0.626. The maximum Gasteiger partial charge on any atom is 0.133 e. The third kappa shape index (κ3) is 2.03. The molecule has 2 saturated heterocycles. The number of ether oxygens (including phenoxy) is 1. The predicted molar refractivity (Wildman–Crippen MR) is 70.7 cm³/mol. The first-order chi connectivity index (χ1) is 9.15. The Bertz CT molecular complexity index is 479. The van der Waals surface area contributed by atoms with Crippen molar-refractivity contribution in [3.05, 3.63) is 29.6 Å². The molecular formula is C15H20FNO2. The maximum atomic E-state index is 14.2. The first kappa shape index (κ1) is 12.9. The van der Waals surface area contributed by atoms with Crippen LogP contribution >= 0.6 is 0 Å². The molecule has 19 heavy (non-hydrogen) atoms. The van der Waals surface area contributed by atoms with Gasteiger partial charge in [0, 0.05) is 24.2 Å². The Morgan fingerprint density at radius 2 is 2.21 bits per heavy atom. The summed E-state index contributed by atoms with van der Waals surface area (Å²) in [7, 11) is 1.52. The molecule has 0 aromatic heterocycles. The SMILES string of the molecule is COc1ccc(C2(O)CCN3CCCCC32)c(F)c1. The largest absolute Gasteiger partial charge is 0.497 e. The second-order valence-corrected chi connectivity index (χ2v) is 5.57. The molecule has 0 spiro atoms. The van der Waals surface area contributed by atoms with Crippen molar-refractivity contribution < 1.29 is 14.2 Å². The van der Waals surface area contributed by atoms with Gasteiger partial charge < -0.3 is 9.84 Å². The van der Waals surface area contributed by atoms with E-state index in [2.05, 4.69) is 4.90 Å². The number of halogens is 1. The maximum absolute atomic E-state index is 14.2. The summed E-state index contributed by atoms with van der Waals surface area (Å²) in [6.45, 7) is 1.87. The third-order valence-electron chi connectivity index (χ3n) is 4.59. The molecule has 2 aliphatic heterocycles. The molecule has 2 aliphatic rings. The number of aliphatic hydroxyl groups is 1. The molecule has 1 aromatic rings. The summed E-state index contributed by atoms with van der Waals surface area (Å²) in [5, 5.41) is 11.0. The number of methoxy groups -OCH3 is 1. The van der Waals surface area contributed by atoms with Gasteiger partial charge in [-0.2, -0.15) is 0 Å². The quantitative estimate of drug-likeness (QED) is 0.890. The molecule has 0 radical (unpaired) electrons. The van der Waals surface area contributed by atoms with E-state index >= 15 is 0 Å². The molecule has 2 atom stereocenters. The predicted octanol–water partition coefficient (Wildman–Crippen LogP) is 2.28. The summed E-state index contributed by atoms with van der Waals surface area (Å²) >= 11 is 0. The first-order valence-electron chi connectivity index (χ1n) is 6.95. The zero-order valence-corrected chi connectivity index (χ0v) is 11.2. The molecule has 2 fully saturated rings. The normalized spacial score (nSPS) is 31.2. The smallest absolute Gasteiger partial charge is 0.133 e. The van der Waals surface area contributed by atoms with Crippen LogP contribution in [0.2, 0.25) is 0 Å². The van der Waals surface area contributed by atoms with Gasteiger partial charge in [-0.3, -0.25) is 4.90 Å². The molecular weight excluding hydrogens is 245 g/mol. The average molecular weight is 265 g/mol. The highest BCUT2D eigenvalue weighted by Gasteiger charge is 2.48. The Morgan fingerprint density at radius 3 is 2.95 bits per heavy atom. The summed E-state index contributed by atoms with van der Waals surface area (Å²) < 4.78 is 19.3. The van der Waals surface area contributed by atoms with Crippen LogP contribution in [-0.2, 0) is 5.60 Å². The lowest BCUT2D eigenvalue weighted by molar-refractivity contribution is -0.0165. The number of rotatable bonds is 2. The van der Waals surface area contributed by atoms with Crippen LogP contribution in [0, 0.1) is 5.82 Å². The summed E-state index contributed by atoms with van der Waals surface area (Å²) in [5.74, 6) is 0.123. The summed E-state index contributed by atoms with van der Waals surface area (Å²) in [6.07, 6.45) is 3.85. The van der Waals surface area contributed by atoms with Crippen molar-refractivity contribution in [2.24, 2.45) is 0 Å². The Morgan fingerprint density at radius 1 is 1.37 bits per heavy atom. The van der Waals surface area contributed by atoms with Gasteiger partial charge in [0.1, 0.15) is 17.2 Å². The summed E-state index contributed by atoms with van der Waals surface area (Å²) in [4.78, 5) is 2.30. The fraction of sp³-hybridized carbons (Fsp3) is 0.600. The Hall–Kier alpha value is -1.13. The van der Waals surface area contributed by atoms with Crippen molar-refractivity contribution in [1.82, 2.24) is 4.90 Å². The van der Waals surface area contributed by atoms with Gasteiger partial charge in [0.15, 0.2) is 0 Å². The lowest BCUT2D eigenvalue weighted by Crippen LogP contribution is -2.45. The highest BCUT2D eigenvalue weighted by Crippen LogP contribution is 2.43. The minimum absolute atomic E-state index is 0.0594. The van der Waals surface area contributed by atoms with Crippen molar-refractivity contribution in [1.29, 1.82) is 0 Å². The topological polar surface area (TPSA) is 32.7 Å². The van der Waals surface area contributed by atoms with Crippen molar-refractivity contribution in [2.45, 2.75) is 37.3 Å². The van der Waals surface area contributed by atoms with Crippen LogP contribution in [0.4, 0.5) is 4.39 Å². The van der Waals surface area contributed by atoms with E-state index in [4.69, 9.17) is 4.74 Å². The zero-order chi connectivity index (χ0) is 13.5. The van der Waals surface area contributed by atoms with Gasteiger partial charge in [-0.15, -0.1) is 0 Å². The van der Waals surface area contributed by atoms with Crippen LogP contribution in [0.5, 0.6) is 5.75 Å². The average Bonchev–Trinajstić information content (AvgIpc) is 2.78.